The topological polar surface area (TPSA) is 23.6 Å². The Morgan fingerprint density at radius 1 is 1.29 bits per heavy atom. The highest BCUT2D eigenvalue weighted by atomic mass is 32.2. The van der Waals surface area contributed by atoms with Crippen molar-refractivity contribution in [2.24, 2.45) is 0 Å². The van der Waals surface area contributed by atoms with Gasteiger partial charge in [-0.25, -0.2) is 0 Å². The van der Waals surface area contributed by atoms with E-state index >= 15 is 0 Å². The summed E-state index contributed by atoms with van der Waals surface area (Å²) in [7, 11) is 1.96. The highest BCUT2D eigenvalue weighted by molar-refractivity contribution is 8.00. The molecule has 1 fully saturated rings. The van der Waals surface area contributed by atoms with Crippen LogP contribution in [0.2, 0.25) is 0 Å². The van der Waals surface area contributed by atoms with Crippen LogP contribution in [-0.2, 0) is 4.79 Å². The van der Waals surface area contributed by atoms with Crippen molar-refractivity contribution in [2.75, 3.05) is 25.9 Å². The molecule has 0 aromatic heterocycles. The summed E-state index contributed by atoms with van der Waals surface area (Å²) < 4.78 is 0. The molecule has 1 heterocycles. The molecular formula is C17H26N2OS. The highest BCUT2D eigenvalue weighted by Gasteiger charge is 2.26. The molecule has 1 aliphatic rings. The van der Waals surface area contributed by atoms with Crippen molar-refractivity contribution in [1.29, 1.82) is 0 Å². The number of benzene rings is 1. The number of piperidine rings is 1. The minimum Gasteiger partial charge on any atom is -0.342 e. The molecule has 1 aliphatic heterocycles. The fraction of sp³-hybridized carbons (Fsp3) is 0.588. The molecule has 2 rings (SSSR count). The van der Waals surface area contributed by atoms with Crippen LogP contribution in [0.25, 0.3) is 0 Å². The lowest BCUT2D eigenvalue weighted by molar-refractivity contribution is -0.130. The lowest BCUT2D eigenvalue weighted by atomic mass is 10.0. The van der Waals surface area contributed by atoms with Crippen LogP contribution in [0.1, 0.15) is 26.7 Å². The first-order chi connectivity index (χ1) is 10.1. The van der Waals surface area contributed by atoms with Gasteiger partial charge in [0.05, 0.1) is 5.75 Å². The Morgan fingerprint density at radius 2 is 1.90 bits per heavy atom. The van der Waals surface area contributed by atoms with E-state index in [9.17, 15) is 4.79 Å². The average molecular weight is 306 g/mol. The molecule has 0 N–H and O–H groups in total. The Balaban J connectivity index is 1.78. The number of amides is 1. The van der Waals surface area contributed by atoms with Crippen LogP contribution in [0.4, 0.5) is 0 Å². The highest BCUT2D eigenvalue weighted by Crippen LogP contribution is 2.21. The summed E-state index contributed by atoms with van der Waals surface area (Å²) in [6, 6.07) is 11.2. The number of carbonyl (C=O) groups is 1. The molecule has 0 unspecified atom stereocenters. The van der Waals surface area contributed by atoms with Crippen LogP contribution in [0, 0.1) is 0 Å². The third-order valence-corrected chi connectivity index (χ3v) is 5.27. The van der Waals surface area contributed by atoms with E-state index in [1.807, 2.05) is 30.1 Å². The lowest BCUT2D eigenvalue weighted by Gasteiger charge is -2.38. The number of rotatable bonds is 5. The van der Waals surface area contributed by atoms with E-state index in [0.29, 0.717) is 17.8 Å². The van der Waals surface area contributed by atoms with Gasteiger partial charge < -0.3 is 9.80 Å². The number of thioether (sulfide) groups is 1. The minimum absolute atomic E-state index is 0.242. The molecule has 21 heavy (non-hydrogen) atoms. The standard InChI is InChI=1S/C17H26N2OS/c1-14(2)19-11-9-15(10-12-19)18(3)17(20)13-21-16-7-5-4-6-8-16/h4-8,14-15H,9-13H2,1-3H3. The first-order valence-corrected chi connectivity index (χ1v) is 8.74. The molecule has 0 radical (unpaired) electrons. The van der Waals surface area contributed by atoms with Gasteiger partial charge in [0.2, 0.25) is 5.91 Å². The van der Waals surface area contributed by atoms with E-state index in [-0.39, 0.29) is 5.91 Å². The van der Waals surface area contributed by atoms with Gasteiger partial charge in [-0.05, 0) is 38.8 Å². The first kappa shape index (κ1) is 16.4. The SMILES string of the molecule is CC(C)N1CCC(N(C)C(=O)CSc2ccccc2)CC1. The van der Waals surface area contributed by atoms with Crippen LogP contribution in [0.5, 0.6) is 0 Å². The molecule has 0 spiro atoms. The summed E-state index contributed by atoms with van der Waals surface area (Å²) in [5.41, 5.74) is 0. The number of hydrogen-bond donors (Lipinski definition) is 0. The molecule has 1 aromatic rings. The van der Waals surface area contributed by atoms with Crippen molar-refractivity contribution < 1.29 is 4.79 Å². The van der Waals surface area contributed by atoms with Crippen LogP contribution < -0.4 is 0 Å². The predicted molar refractivity (Wildman–Crippen MR) is 89.7 cm³/mol. The van der Waals surface area contributed by atoms with Gasteiger partial charge in [0.1, 0.15) is 0 Å². The third-order valence-electron chi connectivity index (χ3n) is 4.28. The first-order valence-electron chi connectivity index (χ1n) is 7.75. The maximum Gasteiger partial charge on any atom is 0.232 e. The lowest BCUT2D eigenvalue weighted by Crippen LogP contribution is -2.47. The molecule has 116 valence electrons. The molecule has 0 atom stereocenters. The van der Waals surface area contributed by atoms with Crippen LogP contribution in [0.15, 0.2) is 35.2 Å². The molecule has 3 nitrogen and oxygen atoms in total. The molecule has 1 aromatic carbocycles. The van der Waals surface area contributed by atoms with Crippen molar-refractivity contribution >= 4 is 17.7 Å². The number of likely N-dealkylation sites (tertiary alicyclic amines) is 1. The van der Waals surface area contributed by atoms with E-state index in [1.165, 1.54) is 0 Å². The minimum atomic E-state index is 0.242. The van der Waals surface area contributed by atoms with Crippen LogP contribution in [0.3, 0.4) is 0 Å². The van der Waals surface area contributed by atoms with E-state index < -0.39 is 0 Å². The van der Waals surface area contributed by atoms with Gasteiger partial charge in [-0.15, -0.1) is 11.8 Å². The Kier molecular flexibility index (Phi) is 6.12. The van der Waals surface area contributed by atoms with Crippen molar-refractivity contribution in [2.45, 2.75) is 43.7 Å². The van der Waals surface area contributed by atoms with Crippen molar-refractivity contribution in [1.82, 2.24) is 9.80 Å². The Morgan fingerprint density at radius 3 is 2.48 bits per heavy atom. The number of hydrogen-bond acceptors (Lipinski definition) is 3. The zero-order chi connectivity index (χ0) is 15.2. The molecule has 0 aliphatic carbocycles. The summed E-state index contributed by atoms with van der Waals surface area (Å²) >= 11 is 1.62. The van der Waals surface area contributed by atoms with E-state index in [1.54, 1.807) is 11.8 Å². The van der Waals surface area contributed by atoms with Gasteiger partial charge >= 0.3 is 0 Å². The van der Waals surface area contributed by atoms with Gasteiger partial charge in [0.25, 0.3) is 0 Å². The predicted octanol–water partition coefficient (Wildman–Crippen LogP) is 3.11. The molecule has 0 bridgehead atoms. The van der Waals surface area contributed by atoms with E-state index in [2.05, 4.69) is 30.9 Å². The maximum atomic E-state index is 12.3. The number of carbonyl (C=O) groups excluding carboxylic acids is 1. The summed E-state index contributed by atoms with van der Waals surface area (Å²) in [6.07, 6.45) is 2.19. The van der Waals surface area contributed by atoms with Gasteiger partial charge in [-0.1, -0.05) is 18.2 Å². The van der Waals surface area contributed by atoms with Gasteiger partial charge in [0.15, 0.2) is 0 Å². The average Bonchev–Trinajstić information content (AvgIpc) is 2.53. The van der Waals surface area contributed by atoms with Gasteiger partial charge in [-0.3, -0.25) is 4.79 Å². The summed E-state index contributed by atoms with van der Waals surface area (Å²) in [6.45, 7) is 6.69. The second-order valence-corrected chi connectivity index (χ2v) is 7.02. The number of nitrogens with zero attached hydrogens (tertiary/aromatic N) is 2. The fourth-order valence-corrected chi connectivity index (χ4v) is 3.60. The fourth-order valence-electron chi connectivity index (χ4n) is 2.76. The smallest absolute Gasteiger partial charge is 0.232 e. The Labute approximate surface area is 132 Å². The molecule has 4 heteroatoms. The Hall–Kier alpha value is -1.00. The quantitative estimate of drug-likeness (QED) is 0.781. The molecule has 1 saturated heterocycles. The third kappa shape index (κ3) is 4.75. The largest absolute Gasteiger partial charge is 0.342 e. The molecular weight excluding hydrogens is 280 g/mol. The van der Waals surface area contributed by atoms with Crippen molar-refractivity contribution in [3.8, 4) is 0 Å². The summed E-state index contributed by atoms with van der Waals surface area (Å²) in [4.78, 5) is 17.9. The molecule has 0 saturated carbocycles. The zero-order valence-corrected chi connectivity index (χ0v) is 14.1. The van der Waals surface area contributed by atoms with Gasteiger partial charge in [-0.2, -0.15) is 0 Å². The van der Waals surface area contributed by atoms with Crippen LogP contribution in [-0.4, -0.2) is 53.7 Å². The second-order valence-electron chi connectivity index (χ2n) is 5.97. The van der Waals surface area contributed by atoms with E-state index in [4.69, 9.17) is 0 Å². The zero-order valence-electron chi connectivity index (χ0n) is 13.3. The maximum absolute atomic E-state index is 12.3. The van der Waals surface area contributed by atoms with Crippen LogP contribution >= 0.6 is 11.8 Å². The monoisotopic (exact) mass is 306 g/mol. The Bertz CT molecular complexity index is 441. The van der Waals surface area contributed by atoms with E-state index in [0.717, 1.165) is 30.8 Å². The summed E-state index contributed by atoms with van der Waals surface area (Å²) in [5.74, 6) is 0.775. The summed E-state index contributed by atoms with van der Waals surface area (Å²) in [5, 5.41) is 0. The van der Waals surface area contributed by atoms with Crippen molar-refractivity contribution in [3.05, 3.63) is 30.3 Å². The normalized spacial score (nSPS) is 17.1. The van der Waals surface area contributed by atoms with Crippen molar-refractivity contribution in [3.63, 3.8) is 0 Å². The molecule has 1 amide bonds. The van der Waals surface area contributed by atoms with Gasteiger partial charge in [0, 0.05) is 37.1 Å². The second kappa shape index (κ2) is 7.85.